The van der Waals surface area contributed by atoms with Crippen molar-refractivity contribution >= 4 is 15.6 Å². The minimum atomic E-state index is -5.47. The molecular formula is C14H22N2O16P2. The molecule has 3 heterocycles. The average Bonchev–Trinajstić information content (AvgIpc) is 3.16. The van der Waals surface area contributed by atoms with Crippen molar-refractivity contribution in [1.82, 2.24) is 9.55 Å². The van der Waals surface area contributed by atoms with Crippen LogP contribution in [0.4, 0.5) is 0 Å². The number of phosphoric ester groups is 2. The van der Waals surface area contributed by atoms with Crippen LogP contribution in [0, 0.1) is 0 Å². The molecule has 194 valence electrons. The van der Waals surface area contributed by atoms with Crippen LogP contribution in [-0.2, 0) is 32.0 Å². The van der Waals surface area contributed by atoms with E-state index in [1.165, 1.54) is 0 Å². The molecule has 10 atom stereocenters. The summed E-state index contributed by atoms with van der Waals surface area (Å²) in [6, 6.07) is 0.939. The van der Waals surface area contributed by atoms with Gasteiger partial charge in [0.2, 0.25) is 0 Å². The van der Waals surface area contributed by atoms with Gasteiger partial charge in [-0.1, -0.05) is 0 Å². The highest BCUT2D eigenvalue weighted by atomic mass is 31.3. The largest absolute Gasteiger partial charge is 0.483 e. The van der Waals surface area contributed by atoms with E-state index < -0.39 is 89.2 Å². The Morgan fingerprint density at radius 2 is 1.62 bits per heavy atom. The fourth-order valence-corrected chi connectivity index (χ4v) is 5.31. The number of phosphoric acid groups is 2. The van der Waals surface area contributed by atoms with E-state index >= 15 is 0 Å². The van der Waals surface area contributed by atoms with Gasteiger partial charge in [0.25, 0.3) is 5.56 Å². The summed E-state index contributed by atoms with van der Waals surface area (Å²) < 4.78 is 47.8. The summed E-state index contributed by atoms with van der Waals surface area (Å²) in [7, 11) is -10.9. The number of hydrogen-bond acceptors (Lipinski definition) is 14. The van der Waals surface area contributed by atoms with Crippen LogP contribution in [0.2, 0.25) is 0 Å². The van der Waals surface area contributed by atoms with E-state index in [1.54, 1.807) is 0 Å². The van der Waals surface area contributed by atoms with E-state index in [1.807, 2.05) is 4.98 Å². The number of aromatic amines is 1. The third-order valence-corrected chi connectivity index (χ3v) is 7.41. The molecule has 18 nitrogen and oxygen atoms in total. The summed E-state index contributed by atoms with van der Waals surface area (Å²) in [5, 5.41) is 48.5. The highest BCUT2D eigenvalue weighted by Gasteiger charge is 2.49. The van der Waals surface area contributed by atoms with Crippen LogP contribution in [0.15, 0.2) is 21.9 Å². The van der Waals surface area contributed by atoms with E-state index in [2.05, 4.69) is 13.4 Å². The second-order valence-electron chi connectivity index (χ2n) is 7.19. The number of nitrogens with one attached hydrogen (secondary N) is 1. The summed E-state index contributed by atoms with van der Waals surface area (Å²) >= 11 is 0. The number of aliphatic hydroxyl groups is 5. The van der Waals surface area contributed by atoms with Crippen molar-refractivity contribution in [1.29, 1.82) is 0 Å². The molecule has 0 bridgehead atoms. The third-order valence-electron chi connectivity index (χ3n) is 4.81. The van der Waals surface area contributed by atoms with E-state index in [0.717, 1.165) is 16.8 Å². The maximum atomic E-state index is 12.1. The van der Waals surface area contributed by atoms with Gasteiger partial charge in [0, 0.05) is 12.3 Å². The first-order valence-electron chi connectivity index (χ1n) is 9.40. The lowest BCUT2D eigenvalue weighted by molar-refractivity contribution is -0.125. The molecule has 2 unspecified atom stereocenters. The molecule has 1 aromatic heterocycles. The summed E-state index contributed by atoms with van der Waals surface area (Å²) in [6.45, 7) is -1.77. The molecule has 8 N–H and O–H groups in total. The van der Waals surface area contributed by atoms with Crippen LogP contribution in [-0.4, -0.2) is 101 Å². The van der Waals surface area contributed by atoms with Gasteiger partial charge in [-0.05, 0) is 0 Å². The number of ether oxygens (including phenoxy) is 2. The van der Waals surface area contributed by atoms with Gasteiger partial charge in [0.1, 0.15) is 36.6 Å². The van der Waals surface area contributed by atoms with Crippen molar-refractivity contribution in [3.05, 3.63) is 33.1 Å². The molecule has 0 radical (unpaired) electrons. The molecule has 34 heavy (non-hydrogen) atoms. The SMILES string of the molecule is O=c1ccn([C@@H]2O[C@H](COP(=O)(O)OP(=O)(O)O[C@@H]3O[C@H](CO)[C@@H](O)[C@@H]3O)[C@@H](O)[C@H]2O)c(=O)[nH]1. The number of nitrogens with zero attached hydrogens (tertiary/aromatic N) is 1. The lowest BCUT2D eigenvalue weighted by Crippen LogP contribution is -2.37. The monoisotopic (exact) mass is 536 g/mol. The maximum Gasteiger partial charge on any atom is 0.483 e. The van der Waals surface area contributed by atoms with E-state index in [4.69, 9.17) is 14.6 Å². The van der Waals surface area contributed by atoms with Crippen molar-refractivity contribution in [2.24, 2.45) is 0 Å². The van der Waals surface area contributed by atoms with E-state index in [9.17, 15) is 48.9 Å². The zero-order valence-electron chi connectivity index (χ0n) is 16.8. The van der Waals surface area contributed by atoms with Crippen LogP contribution in [0.1, 0.15) is 6.23 Å². The summed E-state index contributed by atoms with van der Waals surface area (Å²) in [5.74, 6) is 0. The minimum Gasteiger partial charge on any atom is -0.394 e. The van der Waals surface area contributed by atoms with Gasteiger partial charge in [-0.15, -0.1) is 0 Å². The molecule has 2 aliphatic heterocycles. The Morgan fingerprint density at radius 1 is 0.971 bits per heavy atom. The van der Waals surface area contributed by atoms with Crippen LogP contribution >= 0.6 is 15.6 Å². The van der Waals surface area contributed by atoms with Gasteiger partial charge in [0.15, 0.2) is 12.5 Å². The number of H-pyrrole nitrogens is 1. The Kier molecular flexibility index (Phi) is 8.28. The normalized spacial score (nSPS) is 37.4. The number of aliphatic hydroxyl groups excluding tert-OH is 5. The molecule has 2 saturated heterocycles. The van der Waals surface area contributed by atoms with Gasteiger partial charge in [-0.25, -0.2) is 13.9 Å². The molecule has 0 spiro atoms. The van der Waals surface area contributed by atoms with Crippen molar-refractivity contribution in [3.63, 3.8) is 0 Å². The third kappa shape index (κ3) is 6.07. The Bertz CT molecular complexity index is 1080. The van der Waals surface area contributed by atoms with Gasteiger partial charge in [-0.2, -0.15) is 4.31 Å². The van der Waals surface area contributed by atoms with Gasteiger partial charge in [-0.3, -0.25) is 23.4 Å². The smallest absolute Gasteiger partial charge is 0.394 e. The Morgan fingerprint density at radius 3 is 2.21 bits per heavy atom. The van der Waals surface area contributed by atoms with E-state index in [-0.39, 0.29) is 0 Å². The standard InChI is InChI=1S/C14H22N2O16P2/c17-3-5-8(19)11(22)13(30-5)31-34(26,27)32-33(24,25)28-4-6-9(20)10(21)12(29-6)16-2-1-7(18)15-14(16)23/h1-2,5-6,8-13,17,19-22H,3-4H2,(H,24,25)(H,26,27)(H,15,18,23)/t5-,6-,8-,9-,10-,11+,12-,13+/m1/s1. The van der Waals surface area contributed by atoms with Crippen LogP contribution in [0.3, 0.4) is 0 Å². The van der Waals surface area contributed by atoms with Crippen molar-refractivity contribution in [3.8, 4) is 0 Å². The average molecular weight is 536 g/mol. The van der Waals surface area contributed by atoms with Crippen molar-refractivity contribution in [2.75, 3.05) is 13.2 Å². The summed E-state index contributed by atoms with van der Waals surface area (Å²) in [5.41, 5.74) is -1.72. The molecule has 0 aromatic carbocycles. The molecule has 2 fully saturated rings. The Balaban J connectivity index is 1.60. The molecule has 0 saturated carbocycles. The Labute approximate surface area is 188 Å². The zero-order valence-corrected chi connectivity index (χ0v) is 18.6. The van der Waals surface area contributed by atoms with Crippen LogP contribution in [0.25, 0.3) is 0 Å². The second kappa shape index (κ2) is 10.3. The van der Waals surface area contributed by atoms with Gasteiger partial charge < -0.3 is 44.8 Å². The first kappa shape index (κ1) is 27.3. The molecule has 20 heteroatoms. The molecule has 0 amide bonds. The van der Waals surface area contributed by atoms with Crippen molar-refractivity contribution < 1.29 is 67.3 Å². The zero-order chi connectivity index (χ0) is 25.4. The fourth-order valence-electron chi connectivity index (χ4n) is 3.15. The quantitative estimate of drug-likeness (QED) is 0.139. The van der Waals surface area contributed by atoms with E-state index in [0.29, 0.717) is 0 Å². The Hall–Kier alpha value is -1.34. The predicted molar refractivity (Wildman–Crippen MR) is 103 cm³/mol. The summed E-state index contributed by atoms with van der Waals surface area (Å²) in [4.78, 5) is 44.3. The highest BCUT2D eigenvalue weighted by molar-refractivity contribution is 7.61. The molecule has 1 aromatic rings. The molecule has 0 aliphatic carbocycles. The highest BCUT2D eigenvalue weighted by Crippen LogP contribution is 2.61. The second-order valence-corrected chi connectivity index (χ2v) is 10.2. The number of hydrogen-bond donors (Lipinski definition) is 8. The lowest BCUT2D eigenvalue weighted by atomic mass is 10.1. The fraction of sp³-hybridized carbons (Fsp3) is 0.714. The first-order chi connectivity index (χ1) is 15.7. The minimum absolute atomic E-state index is 0.736. The summed E-state index contributed by atoms with van der Waals surface area (Å²) in [6.07, 6.45) is -12.6. The number of rotatable bonds is 9. The van der Waals surface area contributed by atoms with Gasteiger partial charge in [0.05, 0.1) is 13.2 Å². The molecular weight excluding hydrogens is 514 g/mol. The first-order valence-corrected chi connectivity index (χ1v) is 12.4. The topological polar surface area (TPSA) is 277 Å². The molecule has 2 aliphatic rings. The van der Waals surface area contributed by atoms with Crippen molar-refractivity contribution in [2.45, 2.75) is 49.1 Å². The van der Waals surface area contributed by atoms with Gasteiger partial charge >= 0.3 is 21.3 Å². The van der Waals surface area contributed by atoms with Crippen LogP contribution < -0.4 is 11.2 Å². The predicted octanol–water partition coefficient (Wildman–Crippen LogP) is -4.15. The number of aromatic nitrogens is 2. The van der Waals surface area contributed by atoms with Crippen LogP contribution in [0.5, 0.6) is 0 Å². The lowest BCUT2D eigenvalue weighted by Gasteiger charge is -2.21. The maximum absolute atomic E-state index is 12.1. The molecule has 3 rings (SSSR count).